The Morgan fingerprint density at radius 2 is 1.23 bits per heavy atom. The van der Waals surface area contributed by atoms with E-state index < -0.39 is 11.9 Å². The normalized spacial score (nSPS) is 12.3. The van der Waals surface area contributed by atoms with Crippen molar-refractivity contribution < 1.29 is 19.4 Å². The number of ether oxygens (including phenoxy) is 1. The molecule has 4 heteroatoms. The molecule has 0 aliphatic rings. The minimum absolute atomic E-state index is 0.00262. The molecule has 1 unspecified atom stereocenters. The topological polar surface area (TPSA) is 63.6 Å². The lowest BCUT2D eigenvalue weighted by Gasteiger charge is -2.11. The van der Waals surface area contributed by atoms with Crippen LogP contribution in [0.15, 0.2) is 12.2 Å². The largest absolute Gasteiger partial charge is 0.481 e. The van der Waals surface area contributed by atoms with Gasteiger partial charge in [0.2, 0.25) is 0 Å². The lowest BCUT2D eigenvalue weighted by Crippen LogP contribution is -2.19. The van der Waals surface area contributed by atoms with Crippen molar-refractivity contribution in [3.8, 4) is 0 Å². The Morgan fingerprint density at radius 1 is 0.733 bits per heavy atom. The molecule has 0 aromatic rings. The summed E-state index contributed by atoms with van der Waals surface area (Å²) in [6.07, 6.45) is 24.8. The number of carbonyl (C=O) groups excluding carboxylic acids is 1. The summed E-state index contributed by atoms with van der Waals surface area (Å²) in [7, 11) is 0. The second-order valence-electron chi connectivity index (χ2n) is 8.54. The summed E-state index contributed by atoms with van der Waals surface area (Å²) in [5.74, 6) is -1.86. The fourth-order valence-electron chi connectivity index (χ4n) is 3.60. The van der Waals surface area contributed by atoms with Gasteiger partial charge in [-0.15, -0.1) is 0 Å². The molecule has 0 aromatic heterocycles. The Morgan fingerprint density at radius 3 is 1.73 bits per heavy atom. The molecule has 0 radical (unpaired) electrons. The zero-order chi connectivity index (χ0) is 22.3. The number of hydrogen-bond acceptors (Lipinski definition) is 3. The molecule has 0 aromatic carbocycles. The van der Waals surface area contributed by atoms with E-state index in [9.17, 15) is 14.7 Å². The highest BCUT2D eigenvalue weighted by Gasteiger charge is 2.21. The predicted octanol–water partition coefficient (Wildman–Crippen LogP) is 7.85. The lowest BCUT2D eigenvalue weighted by molar-refractivity contribution is -0.151. The Hall–Kier alpha value is -1.32. The van der Waals surface area contributed by atoms with Gasteiger partial charge >= 0.3 is 11.9 Å². The molecule has 0 heterocycles. The first-order valence-electron chi connectivity index (χ1n) is 12.6. The summed E-state index contributed by atoms with van der Waals surface area (Å²) in [5, 5.41) is 9.27. The molecular formula is C26H48O4. The quantitative estimate of drug-likeness (QED) is 0.109. The second kappa shape index (κ2) is 22.4. The molecule has 0 aliphatic heterocycles. The van der Waals surface area contributed by atoms with Crippen molar-refractivity contribution in [1.29, 1.82) is 0 Å². The van der Waals surface area contributed by atoms with Gasteiger partial charge in [-0.2, -0.15) is 0 Å². The number of esters is 1. The highest BCUT2D eigenvalue weighted by molar-refractivity contribution is 5.78. The third kappa shape index (κ3) is 20.0. The van der Waals surface area contributed by atoms with Gasteiger partial charge in [-0.1, -0.05) is 96.6 Å². The van der Waals surface area contributed by atoms with E-state index in [2.05, 4.69) is 19.1 Å². The fourth-order valence-corrected chi connectivity index (χ4v) is 3.60. The first kappa shape index (κ1) is 28.7. The molecule has 1 N–H and O–H groups in total. The number of hydrogen-bond donors (Lipinski definition) is 1. The van der Waals surface area contributed by atoms with Crippen molar-refractivity contribution in [3.63, 3.8) is 0 Å². The molecule has 176 valence electrons. The summed E-state index contributed by atoms with van der Waals surface area (Å²) in [6.45, 7) is 4.56. The minimum Gasteiger partial charge on any atom is -0.481 e. The summed E-state index contributed by atoms with van der Waals surface area (Å²) in [4.78, 5) is 22.9. The van der Waals surface area contributed by atoms with E-state index >= 15 is 0 Å². The fraction of sp³-hybridized carbons (Fsp3) is 0.846. The average molecular weight is 425 g/mol. The van der Waals surface area contributed by atoms with Gasteiger partial charge in [0.05, 0.1) is 18.9 Å². The van der Waals surface area contributed by atoms with Crippen LogP contribution in [0.25, 0.3) is 0 Å². The average Bonchev–Trinajstić information content (AvgIpc) is 2.73. The van der Waals surface area contributed by atoms with Crippen molar-refractivity contribution in [2.75, 3.05) is 6.61 Å². The van der Waals surface area contributed by atoms with Crippen molar-refractivity contribution in [2.45, 2.75) is 129 Å². The Kier molecular flexibility index (Phi) is 21.4. The summed E-state index contributed by atoms with van der Waals surface area (Å²) < 4.78 is 5.00. The summed E-state index contributed by atoms with van der Waals surface area (Å²) >= 11 is 0. The van der Waals surface area contributed by atoms with Gasteiger partial charge < -0.3 is 9.84 Å². The molecule has 0 fully saturated rings. The maximum Gasteiger partial charge on any atom is 0.307 e. The van der Waals surface area contributed by atoms with E-state index in [0.29, 0.717) is 13.0 Å². The van der Waals surface area contributed by atoms with E-state index in [1.807, 2.05) is 6.92 Å². The van der Waals surface area contributed by atoms with Crippen LogP contribution in [0.4, 0.5) is 0 Å². The maximum absolute atomic E-state index is 11.6. The number of allylic oxidation sites excluding steroid dienone is 2. The molecule has 0 bridgehead atoms. The van der Waals surface area contributed by atoms with Gasteiger partial charge in [-0.25, -0.2) is 0 Å². The van der Waals surface area contributed by atoms with Gasteiger partial charge in [0.15, 0.2) is 0 Å². The van der Waals surface area contributed by atoms with Crippen LogP contribution in [-0.2, 0) is 14.3 Å². The Balaban J connectivity index is 3.47. The highest BCUT2D eigenvalue weighted by atomic mass is 16.5. The molecule has 0 rings (SSSR count). The van der Waals surface area contributed by atoms with E-state index in [0.717, 1.165) is 25.7 Å². The van der Waals surface area contributed by atoms with Gasteiger partial charge in [0, 0.05) is 0 Å². The van der Waals surface area contributed by atoms with Crippen LogP contribution in [0.1, 0.15) is 129 Å². The zero-order valence-electron chi connectivity index (χ0n) is 19.8. The lowest BCUT2D eigenvalue weighted by atomic mass is 9.97. The van der Waals surface area contributed by atoms with Gasteiger partial charge in [-0.05, 0) is 38.5 Å². The smallest absolute Gasteiger partial charge is 0.307 e. The summed E-state index contributed by atoms with van der Waals surface area (Å²) in [6, 6.07) is 0. The van der Waals surface area contributed by atoms with Gasteiger partial charge in [0.25, 0.3) is 0 Å². The maximum atomic E-state index is 11.6. The van der Waals surface area contributed by atoms with E-state index in [4.69, 9.17) is 4.74 Å². The third-order valence-corrected chi connectivity index (χ3v) is 5.54. The van der Waals surface area contributed by atoms with Crippen LogP contribution in [0.3, 0.4) is 0 Å². The monoisotopic (exact) mass is 424 g/mol. The number of carboxylic acid groups (broad SMARTS) is 1. The van der Waals surface area contributed by atoms with Crippen LogP contribution in [0.5, 0.6) is 0 Å². The third-order valence-electron chi connectivity index (χ3n) is 5.54. The van der Waals surface area contributed by atoms with Gasteiger partial charge in [-0.3, -0.25) is 9.59 Å². The second-order valence-corrected chi connectivity index (χ2v) is 8.54. The SMILES string of the molecule is CCCCCCC/C=C/CCCCCCCCCCC(CC(=O)OCCC)C(=O)O. The van der Waals surface area contributed by atoms with Crippen molar-refractivity contribution in [3.05, 3.63) is 12.2 Å². The number of carboxylic acids is 1. The van der Waals surface area contributed by atoms with Crippen LogP contribution >= 0.6 is 0 Å². The molecule has 0 amide bonds. The molecule has 0 spiro atoms. The van der Waals surface area contributed by atoms with Gasteiger partial charge in [0.1, 0.15) is 0 Å². The molecule has 30 heavy (non-hydrogen) atoms. The number of unbranched alkanes of at least 4 members (excludes halogenated alkanes) is 13. The molecule has 4 nitrogen and oxygen atoms in total. The van der Waals surface area contributed by atoms with Crippen molar-refractivity contribution in [1.82, 2.24) is 0 Å². The number of rotatable bonds is 22. The first-order valence-corrected chi connectivity index (χ1v) is 12.6. The number of aliphatic carboxylic acids is 1. The van der Waals surface area contributed by atoms with Crippen molar-refractivity contribution in [2.24, 2.45) is 5.92 Å². The van der Waals surface area contributed by atoms with Crippen LogP contribution in [0.2, 0.25) is 0 Å². The van der Waals surface area contributed by atoms with Crippen molar-refractivity contribution >= 4 is 11.9 Å². The molecular weight excluding hydrogens is 376 g/mol. The Labute approximate surface area is 185 Å². The summed E-state index contributed by atoms with van der Waals surface area (Å²) in [5.41, 5.74) is 0. The zero-order valence-corrected chi connectivity index (χ0v) is 19.8. The number of carbonyl (C=O) groups is 2. The minimum atomic E-state index is -0.881. The molecule has 0 saturated carbocycles. The molecule has 0 aliphatic carbocycles. The standard InChI is InChI=1S/C26H48O4/c1-3-5-6-7-8-9-10-11-12-13-14-15-16-17-18-19-20-21-24(26(28)29)23-25(27)30-22-4-2/h10-11,24H,3-9,12-23H2,1-2H3,(H,28,29)/b11-10+. The van der Waals surface area contributed by atoms with Crippen LogP contribution in [-0.4, -0.2) is 23.7 Å². The van der Waals surface area contributed by atoms with Crippen LogP contribution < -0.4 is 0 Å². The Bertz CT molecular complexity index is 431. The molecule has 0 saturated heterocycles. The predicted molar refractivity (Wildman–Crippen MR) is 126 cm³/mol. The molecule has 1 atom stereocenters. The van der Waals surface area contributed by atoms with E-state index in [-0.39, 0.29) is 12.4 Å². The highest BCUT2D eigenvalue weighted by Crippen LogP contribution is 2.17. The van der Waals surface area contributed by atoms with E-state index in [1.165, 1.54) is 77.0 Å². The van der Waals surface area contributed by atoms with E-state index in [1.54, 1.807) is 0 Å². The first-order chi connectivity index (χ1) is 14.6. The van der Waals surface area contributed by atoms with Crippen LogP contribution in [0, 0.1) is 5.92 Å².